The molecule has 0 aliphatic carbocycles. The quantitative estimate of drug-likeness (QED) is 0.762. The average molecular weight is 195 g/mol. The average Bonchev–Trinajstić information content (AvgIpc) is 2.52. The van der Waals surface area contributed by atoms with Crippen molar-refractivity contribution in [1.82, 2.24) is 9.88 Å². The van der Waals surface area contributed by atoms with Gasteiger partial charge in [0, 0.05) is 19.1 Å². The molecule has 4 heteroatoms. The van der Waals surface area contributed by atoms with Crippen molar-refractivity contribution >= 4 is 0 Å². The molecule has 14 heavy (non-hydrogen) atoms. The summed E-state index contributed by atoms with van der Waals surface area (Å²) >= 11 is 0. The van der Waals surface area contributed by atoms with Crippen LogP contribution in [0.15, 0.2) is 10.8 Å². The van der Waals surface area contributed by atoms with Gasteiger partial charge in [-0.15, -0.1) is 0 Å². The molecule has 0 bridgehead atoms. The standard InChI is InChI=1S/C10H17N3O/c1-8-10(12-7-14-8)6-13-4-2-3-9(11)5-13/h7,9H,2-6,11H2,1H3/t9-/m1/s1. The molecule has 1 saturated heterocycles. The Morgan fingerprint density at radius 2 is 2.57 bits per heavy atom. The minimum Gasteiger partial charge on any atom is -0.448 e. The molecule has 0 amide bonds. The number of likely N-dealkylation sites (tertiary alicyclic amines) is 1. The molecule has 1 atom stereocenters. The zero-order chi connectivity index (χ0) is 9.97. The van der Waals surface area contributed by atoms with E-state index in [2.05, 4.69) is 9.88 Å². The summed E-state index contributed by atoms with van der Waals surface area (Å²) in [5.41, 5.74) is 6.95. The second kappa shape index (κ2) is 4.11. The van der Waals surface area contributed by atoms with E-state index in [1.165, 1.54) is 12.8 Å². The van der Waals surface area contributed by atoms with Gasteiger partial charge in [-0.2, -0.15) is 0 Å². The first-order valence-corrected chi connectivity index (χ1v) is 5.12. The van der Waals surface area contributed by atoms with E-state index in [4.69, 9.17) is 10.2 Å². The van der Waals surface area contributed by atoms with Crippen LogP contribution >= 0.6 is 0 Å². The van der Waals surface area contributed by atoms with E-state index < -0.39 is 0 Å². The van der Waals surface area contributed by atoms with Gasteiger partial charge < -0.3 is 10.2 Å². The number of rotatable bonds is 2. The van der Waals surface area contributed by atoms with E-state index in [0.29, 0.717) is 6.04 Å². The molecule has 1 aliphatic heterocycles. The molecule has 2 rings (SSSR count). The lowest BCUT2D eigenvalue weighted by Crippen LogP contribution is -2.42. The van der Waals surface area contributed by atoms with E-state index in [-0.39, 0.29) is 0 Å². The van der Waals surface area contributed by atoms with Crippen molar-refractivity contribution < 1.29 is 4.42 Å². The number of piperidine rings is 1. The molecular formula is C10H17N3O. The summed E-state index contributed by atoms with van der Waals surface area (Å²) in [6.07, 6.45) is 3.85. The van der Waals surface area contributed by atoms with Gasteiger partial charge in [0.15, 0.2) is 6.39 Å². The van der Waals surface area contributed by atoms with E-state index >= 15 is 0 Å². The smallest absolute Gasteiger partial charge is 0.181 e. The van der Waals surface area contributed by atoms with Gasteiger partial charge in [0.05, 0.1) is 5.69 Å². The topological polar surface area (TPSA) is 55.3 Å². The Kier molecular flexibility index (Phi) is 2.84. The fourth-order valence-corrected chi connectivity index (χ4v) is 1.93. The monoisotopic (exact) mass is 195 g/mol. The van der Waals surface area contributed by atoms with Gasteiger partial charge in [-0.25, -0.2) is 4.98 Å². The highest BCUT2D eigenvalue weighted by Crippen LogP contribution is 2.13. The highest BCUT2D eigenvalue weighted by Gasteiger charge is 2.18. The van der Waals surface area contributed by atoms with Gasteiger partial charge in [-0.05, 0) is 26.3 Å². The van der Waals surface area contributed by atoms with Crippen LogP contribution in [-0.2, 0) is 6.54 Å². The summed E-state index contributed by atoms with van der Waals surface area (Å²) in [6, 6.07) is 0.330. The van der Waals surface area contributed by atoms with Crippen molar-refractivity contribution in [3.8, 4) is 0 Å². The van der Waals surface area contributed by atoms with Crippen LogP contribution in [-0.4, -0.2) is 29.0 Å². The zero-order valence-corrected chi connectivity index (χ0v) is 8.57. The number of oxazole rings is 1. The molecule has 1 aromatic rings. The molecule has 1 aromatic heterocycles. The maximum atomic E-state index is 5.91. The van der Waals surface area contributed by atoms with Crippen LogP contribution in [0.1, 0.15) is 24.3 Å². The third kappa shape index (κ3) is 2.13. The summed E-state index contributed by atoms with van der Waals surface area (Å²) in [7, 11) is 0. The van der Waals surface area contributed by atoms with Crippen molar-refractivity contribution in [1.29, 1.82) is 0 Å². The maximum Gasteiger partial charge on any atom is 0.181 e. The van der Waals surface area contributed by atoms with Crippen LogP contribution in [0, 0.1) is 6.92 Å². The van der Waals surface area contributed by atoms with Crippen molar-refractivity contribution in [2.75, 3.05) is 13.1 Å². The Bertz CT molecular complexity index is 297. The van der Waals surface area contributed by atoms with Crippen LogP contribution in [0.5, 0.6) is 0 Å². The minimum absolute atomic E-state index is 0.330. The third-order valence-electron chi connectivity index (χ3n) is 2.76. The van der Waals surface area contributed by atoms with Gasteiger partial charge in [0.2, 0.25) is 0 Å². The summed E-state index contributed by atoms with van der Waals surface area (Å²) in [6.45, 7) is 4.93. The molecule has 0 unspecified atom stereocenters. The van der Waals surface area contributed by atoms with Crippen LogP contribution in [0.4, 0.5) is 0 Å². The maximum absolute atomic E-state index is 5.91. The molecule has 1 aliphatic rings. The lowest BCUT2D eigenvalue weighted by atomic mass is 10.1. The Morgan fingerprint density at radius 1 is 1.71 bits per heavy atom. The number of hydrogen-bond acceptors (Lipinski definition) is 4. The predicted octanol–water partition coefficient (Wildman–Crippen LogP) is 0.906. The Balaban J connectivity index is 1.94. The van der Waals surface area contributed by atoms with E-state index in [1.54, 1.807) is 0 Å². The van der Waals surface area contributed by atoms with Crippen LogP contribution < -0.4 is 5.73 Å². The van der Waals surface area contributed by atoms with Crippen LogP contribution in [0.2, 0.25) is 0 Å². The van der Waals surface area contributed by atoms with Crippen molar-refractivity contribution in [2.45, 2.75) is 32.4 Å². The second-order valence-corrected chi connectivity index (χ2v) is 3.99. The van der Waals surface area contributed by atoms with Crippen molar-refractivity contribution in [3.63, 3.8) is 0 Å². The first-order valence-electron chi connectivity index (χ1n) is 5.12. The molecule has 0 saturated carbocycles. The number of hydrogen-bond donors (Lipinski definition) is 1. The molecule has 1 fully saturated rings. The molecule has 78 valence electrons. The summed E-state index contributed by atoms with van der Waals surface area (Å²) in [4.78, 5) is 6.53. The Morgan fingerprint density at radius 3 is 3.21 bits per heavy atom. The molecule has 0 radical (unpaired) electrons. The highest BCUT2D eigenvalue weighted by atomic mass is 16.3. The predicted molar refractivity (Wildman–Crippen MR) is 53.7 cm³/mol. The van der Waals surface area contributed by atoms with E-state index in [0.717, 1.165) is 37.5 Å². The van der Waals surface area contributed by atoms with Crippen LogP contribution in [0.3, 0.4) is 0 Å². The molecular weight excluding hydrogens is 178 g/mol. The summed E-state index contributed by atoms with van der Waals surface area (Å²) < 4.78 is 5.16. The Hall–Kier alpha value is -0.870. The summed E-state index contributed by atoms with van der Waals surface area (Å²) in [5, 5.41) is 0. The number of nitrogens with two attached hydrogens (primary N) is 1. The van der Waals surface area contributed by atoms with Crippen molar-refractivity contribution in [2.24, 2.45) is 5.73 Å². The van der Waals surface area contributed by atoms with E-state index in [1.807, 2.05) is 6.92 Å². The zero-order valence-electron chi connectivity index (χ0n) is 8.57. The minimum atomic E-state index is 0.330. The lowest BCUT2D eigenvalue weighted by Gasteiger charge is -2.29. The van der Waals surface area contributed by atoms with Gasteiger partial charge in [0.25, 0.3) is 0 Å². The third-order valence-corrected chi connectivity index (χ3v) is 2.76. The first kappa shape index (κ1) is 9.68. The van der Waals surface area contributed by atoms with Gasteiger partial charge in [-0.3, -0.25) is 4.90 Å². The van der Waals surface area contributed by atoms with Crippen LogP contribution in [0.25, 0.3) is 0 Å². The first-order chi connectivity index (χ1) is 6.75. The highest BCUT2D eigenvalue weighted by molar-refractivity contribution is 5.04. The Labute approximate surface area is 84.1 Å². The fourth-order valence-electron chi connectivity index (χ4n) is 1.93. The molecule has 2 heterocycles. The molecule has 2 N–H and O–H groups in total. The largest absolute Gasteiger partial charge is 0.448 e. The lowest BCUT2D eigenvalue weighted by molar-refractivity contribution is 0.199. The van der Waals surface area contributed by atoms with E-state index in [9.17, 15) is 0 Å². The number of nitrogens with zero attached hydrogens (tertiary/aromatic N) is 2. The normalized spacial score (nSPS) is 24.0. The van der Waals surface area contributed by atoms with Crippen molar-refractivity contribution in [3.05, 3.63) is 17.8 Å². The molecule has 4 nitrogen and oxygen atoms in total. The number of aromatic nitrogens is 1. The fraction of sp³-hybridized carbons (Fsp3) is 0.700. The van der Waals surface area contributed by atoms with Gasteiger partial charge in [0.1, 0.15) is 5.76 Å². The molecule has 0 spiro atoms. The summed E-state index contributed by atoms with van der Waals surface area (Å²) in [5.74, 6) is 0.921. The van der Waals surface area contributed by atoms with Gasteiger partial charge in [-0.1, -0.05) is 0 Å². The van der Waals surface area contributed by atoms with Gasteiger partial charge >= 0.3 is 0 Å². The SMILES string of the molecule is Cc1ocnc1CN1CCC[C@@H](N)C1. The number of aryl methyl sites for hydroxylation is 1. The second-order valence-electron chi connectivity index (χ2n) is 3.99. The molecule has 0 aromatic carbocycles.